The minimum Gasteiger partial charge on any atom is -0.337 e. The number of aliphatic imine (C=N–C) groups is 1. The van der Waals surface area contributed by atoms with Crippen molar-refractivity contribution in [3.63, 3.8) is 0 Å². The van der Waals surface area contributed by atoms with Crippen molar-refractivity contribution in [2.75, 3.05) is 13.1 Å². The average molecular weight is 286 g/mol. The van der Waals surface area contributed by atoms with Crippen molar-refractivity contribution in [2.45, 2.75) is 32.1 Å². The maximum absolute atomic E-state index is 13.0. The lowest BCUT2D eigenvalue weighted by atomic mass is 10.2. The first-order chi connectivity index (χ1) is 9.48. The van der Waals surface area contributed by atoms with Gasteiger partial charge in [-0.1, -0.05) is 0 Å². The molecule has 2 aliphatic rings. The molecule has 1 saturated heterocycles. The summed E-state index contributed by atoms with van der Waals surface area (Å²) in [6.45, 7) is 1.23. The van der Waals surface area contributed by atoms with Gasteiger partial charge >= 0.3 is 6.18 Å². The molecule has 0 saturated carbocycles. The molecule has 1 aromatic rings. The second-order valence-electron chi connectivity index (χ2n) is 4.86. The molecule has 1 fully saturated rings. The van der Waals surface area contributed by atoms with E-state index in [1.807, 2.05) is 0 Å². The standard InChI is InChI=1S/C12H13F3N4O/c13-12(14,15)11-17-9(8-7-16-3-6-19(8)11)10(20)18-4-1-2-5-18/h3H,1-2,4-7H2. The third kappa shape index (κ3) is 2.08. The molecule has 0 bridgehead atoms. The molecule has 1 amide bonds. The highest BCUT2D eigenvalue weighted by Crippen LogP contribution is 2.32. The first-order valence-corrected chi connectivity index (χ1v) is 6.42. The zero-order chi connectivity index (χ0) is 14.3. The Bertz CT molecular complexity index is 570. The average Bonchev–Trinajstić information content (AvgIpc) is 3.05. The lowest BCUT2D eigenvalue weighted by Crippen LogP contribution is -2.29. The normalized spacial score (nSPS) is 18.4. The molecule has 8 heteroatoms. The number of carbonyl (C=O) groups excluding carboxylic acids is 1. The van der Waals surface area contributed by atoms with Gasteiger partial charge in [0.2, 0.25) is 5.82 Å². The van der Waals surface area contributed by atoms with Crippen molar-refractivity contribution >= 4 is 12.1 Å². The van der Waals surface area contributed by atoms with Crippen LogP contribution in [-0.4, -0.2) is 39.7 Å². The summed E-state index contributed by atoms with van der Waals surface area (Å²) in [7, 11) is 0. The Hall–Kier alpha value is -1.86. The Morgan fingerprint density at radius 2 is 1.95 bits per heavy atom. The van der Waals surface area contributed by atoms with Gasteiger partial charge in [0.05, 0.1) is 18.8 Å². The number of likely N-dealkylation sites (tertiary alicyclic amines) is 1. The smallest absolute Gasteiger partial charge is 0.337 e. The quantitative estimate of drug-likeness (QED) is 0.789. The van der Waals surface area contributed by atoms with Gasteiger partial charge in [-0.25, -0.2) is 4.98 Å². The number of amides is 1. The number of hydrogen-bond acceptors (Lipinski definition) is 3. The summed E-state index contributed by atoms with van der Waals surface area (Å²) in [5, 5.41) is 0. The largest absolute Gasteiger partial charge is 0.449 e. The van der Waals surface area contributed by atoms with Gasteiger partial charge in [-0.3, -0.25) is 9.79 Å². The van der Waals surface area contributed by atoms with Crippen LogP contribution in [0.4, 0.5) is 13.2 Å². The molecular weight excluding hydrogens is 273 g/mol. The van der Waals surface area contributed by atoms with Crippen molar-refractivity contribution in [2.24, 2.45) is 4.99 Å². The van der Waals surface area contributed by atoms with E-state index in [1.54, 1.807) is 4.90 Å². The van der Waals surface area contributed by atoms with E-state index in [2.05, 4.69) is 9.98 Å². The number of halogens is 3. The molecule has 3 rings (SSSR count). The van der Waals surface area contributed by atoms with Crippen LogP contribution in [0.3, 0.4) is 0 Å². The lowest BCUT2D eigenvalue weighted by Gasteiger charge is -2.16. The molecule has 3 heterocycles. The third-order valence-corrected chi connectivity index (χ3v) is 3.56. The van der Waals surface area contributed by atoms with Gasteiger partial charge in [0.15, 0.2) is 5.69 Å². The number of alkyl halides is 3. The van der Waals surface area contributed by atoms with Crippen LogP contribution in [0.25, 0.3) is 0 Å². The monoisotopic (exact) mass is 286 g/mol. The first-order valence-electron chi connectivity index (χ1n) is 6.42. The van der Waals surface area contributed by atoms with Crippen LogP contribution in [0, 0.1) is 0 Å². The molecule has 0 spiro atoms. The fourth-order valence-electron chi connectivity index (χ4n) is 2.59. The van der Waals surface area contributed by atoms with Crippen LogP contribution in [0.1, 0.15) is 34.8 Å². The van der Waals surface area contributed by atoms with E-state index in [1.165, 1.54) is 6.21 Å². The summed E-state index contributed by atoms with van der Waals surface area (Å²) >= 11 is 0. The predicted molar refractivity (Wildman–Crippen MR) is 64.6 cm³/mol. The van der Waals surface area contributed by atoms with Gasteiger partial charge < -0.3 is 9.47 Å². The van der Waals surface area contributed by atoms with Crippen molar-refractivity contribution in [3.05, 3.63) is 17.2 Å². The fourth-order valence-corrected chi connectivity index (χ4v) is 2.59. The van der Waals surface area contributed by atoms with Crippen LogP contribution in [-0.2, 0) is 19.3 Å². The summed E-state index contributed by atoms with van der Waals surface area (Å²) in [4.78, 5) is 21.4. The number of aromatic nitrogens is 2. The maximum atomic E-state index is 13.0. The Balaban J connectivity index is 2.03. The molecule has 0 atom stereocenters. The molecule has 2 aliphatic heterocycles. The number of rotatable bonds is 1. The predicted octanol–water partition coefficient (Wildman–Crippen LogP) is 1.72. The van der Waals surface area contributed by atoms with Crippen LogP contribution in [0.5, 0.6) is 0 Å². The summed E-state index contributed by atoms with van der Waals surface area (Å²) in [6, 6.07) is 0. The summed E-state index contributed by atoms with van der Waals surface area (Å²) < 4.78 is 40.0. The van der Waals surface area contributed by atoms with Gasteiger partial charge in [0, 0.05) is 19.3 Å². The zero-order valence-corrected chi connectivity index (χ0v) is 10.7. The van der Waals surface area contributed by atoms with Gasteiger partial charge in [-0.2, -0.15) is 13.2 Å². The summed E-state index contributed by atoms with van der Waals surface area (Å²) in [5.74, 6) is -1.43. The van der Waals surface area contributed by atoms with Gasteiger partial charge in [-0.15, -0.1) is 0 Å². The van der Waals surface area contributed by atoms with E-state index in [0.717, 1.165) is 17.4 Å². The SMILES string of the molecule is O=C(c1nc(C(F)(F)F)n2c1CN=CC2)N1CCCC1. The molecule has 108 valence electrons. The molecule has 0 unspecified atom stereocenters. The van der Waals surface area contributed by atoms with Crippen LogP contribution < -0.4 is 0 Å². The minimum atomic E-state index is -4.57. The first kappa shape index (κ1) is 13.1. The molecule has 5 nitrogen and oxygen atoms in total. The van der Waals surface area contributed by atoms with Crippen molar-refractivity contribution < 1.29 is 18.0 Å². The number of imidazole rings is 1. The molecule has 20 heavy (non-hydrogen) atoms. The summed E-state index contributed by atoms with van der Waals surface area (Å²) in [6.07, 6.45) is -1.39. The van der Waals surface area contributed by atoms with E-state index in [-0.39, 0.29) is 24.5 Å². The Labute approximate surface area is 113 Å². The van der Waals surface area contributed by atoms with Crippen molar-refractivity contribution in [1.29, 1.82) is 0 Å². The highest BCUT2D eigenvalue weighted by molar-refractivity contribution is 5.94. The fraction of sp³-hybridized carbons (Fsp3) is 0.583. The van der Waals surface area contributed by atoms with Crippen molar-refractivity contribution in [1.82, 2.24) is 14.5 Å². The maximum Gasteiger partial charge on any atom is 0.449 e. The third-order valence-electron chi connectivity index (χ3n) is 3.56. The van der Waals surface area contributed by atoms with Crippen LogP contribution >= 0.6 is 0 Å². The second-order valence-corrected chi connectivity index (χ2v) is 4.86. The Morgan fingerprint density at radius 1 is 1.25 bits per heavy atom. The van der Waals surface area contributed by atoms with Crippen LogP contribution in [0.15, 0.2) is 4.99 Å². The topological polar surface area (TPSA) is 50.5 Å². The van der Waals surface area contributed by atoms with Gasteiger partial charge in [0.25, 0.3) is 5.91 Å². The van der Waals surface area contributed by atoms with Gasteiger partial charge in [-0.05, 0) is 12.8 Å². The van der Waals surface area contributed by atoms with Gasteiger partial charge in [0.1, 0.15) is 0 Å². The molecule has 0 N–H and O–H groups in total. The highest BCUT2D eigenvalue weighted by atomic mass is 19.4. The molecule has 1 aromatic heterocycles. The van der Waals surface area contributed by atoms with E-state index in [9.17, 15) is 18.0 Å². The Morgan fingerprint density at radius 3 is 2.60 bits per heavy atom. The lowest BCUT2D eigenvalue weighted by molar-refractivity contribution is -0.147. The van der Waals surface area contributed by atoms with E-state index >= 15 is 0 Å². The van der Waals surface area contributed by atoms with E-state index < -0.39 is 17.9 Å². The zero-order valence-electron chi connectivity index (χ0n) is 10.7. The Kier molecular flexibility index (Phi) is 3.02. The summed E-state index contributed by atoms with van der Waals surface area (Å²) in [5.41, 5.74) is 0.160. The molecule has 0 aliphatic carbocycles. The number of carbonyl (C=O) groups is 1. The van der Waals surface area contributed by atoms with E-state index in [4.69, 9.17) is 0 Å². The molecular formula is C12H13F3N4O. The minimum absolute atomic E-state index is 0.00442. The second kappa shape index (κ2) is 4.60. The number of hydrogen-bond donors (Lipinski definition) is 0. The molecule has 0 aromatic carbocycles. The van der Waals surface area contributed by atoms with Crippen molar-refractivity contribution in [3.8, 4) is 0 Å². The number of nitrogens with zero attached hydrogens (tertiary/aromatic N) is 4. The molecule has 0 radical (unpaired) electrons. The number of fused-ring (bicyclic) bond motifs is 1. The van der Waals surface area contributed by atoms with E-state index in [0.29, 0.717) is 13.1 Å². The highest BCUT2D eigenvalue weighted by Gasteiger charge is 2.40. The van der Waals surface area contributed by atoms with Crippen LogP contribution in [0.2, 0.25) is 0 Å².